The van der Waals surface area contributed by atoms with Gasteiger partial charge in [0, 0.05) is 36.1 Å². The van der Waals surface area contributed by atoms with E-state index in [-0.39, 0.29) is 5.56 Å². The van der Waals surface area contributed by atoms with Gasteiger partial charge in [0.2, 0.25) is 0 Å². The second-order valence-corrected chi connectivity index (χ2v) is 7.70. The third-order valence-electron chi connectivity index (χ3n) is 6.08. The van der Waals surface area contributed by atoms with Gasteiger partial charge in [0.1, 0.15) is 11.6 Å². The Morgan fingerprint density at radius 1 is 1.18 bits per heavy atom. The molecular formula is C22H26F2N3O+. The van der Waals surface area contributed by atoms with Crippen molar-refractivity contribution in [2.75, 3.05) is 31.1 Å². The summed E-state index contributed by atoms with van der Waals surface area (Å²) in [5.41, 5.74) is 3.79. The highest BCUT2D eigenvalue weighted by Crippen LogP contribution is 2.31. The summed E-state index contributed by atoms with van der Waals surface area (Å²) in [5, 5.41) is 0. The maximum atomic E-state index is 14.0. The van der Waals surface area contributed by atoms with Crippen molar-refractivity contribution < 1.29 is 13.4 Å². The highest BCUT2D eigenvalue weighted by atomic mass is 19.1. The zero-order valence-electron chi connectivity index (χ0n) is 16.2. The van der Waals surface area contributed by atoms with Crippen LogP contribution in [0.25, 0.3) is 0 Å². The highest BCUT2D eigenvalue weighted by molar-refractivity contribution is 5.83. The van der Waals surface area contributed by atoms with Gasteiger partial charge in [0.25, 0.3) is 5.56 Å². The molecule has 2 heterocycles. The van der Waals surface area contributed by atoms with Crippen LogP contribution in [0.3, 0.4) is 0 Å². The Balaban J connectivity index is 1.43. The summed E-state index contributed by atoms with van der Waals surface area (Å²) in [6.45, 7) is 5.11. The average molecular weight is 386 g/mol. The van der Waals surface area contributed by atoms with Gasteiger partial charge in [0.05, 0.1) is 18.8 Å². The first-order chi connectivity index (χ1) is 13.5. The van der Waals surface area contributed by atoms with Crippen molar-refractivity contribution in [3.8, 4) is 0 Å². The summed E-state index contributed by atoms with van der Waals surface area (Å²) in [6.07, 6.45) is 3.79. The normalized spacial score (nSPS) is 20.1. The monoisotopic (exact) mass is 386 g/mol. The lowest BCUT2D eigenvalue weighted by molar-refractivity contribution is -0.531. The van der Waals surface area contributed by atoms with E-state index in [0.29, 0.717) is 11.6 Å². The minimum absolute atomic E-state index is 0.0309. The van der Waals surface area contributed by atoms with Crippen molar-refractivity contribution in [1.29, 1.82) is 0 Å². The lowest BCUT2D eigenvalue weighted by atomic mass is 10.0. The number of nitrogens with zero attached hydrogens (tertiary/aromatic N) is 2. The third kappa shape index (κ3) is 3.73. The molecule has 2 aromatic rings. The van der Waals surface area contributed by atoms with Gasteiger partial charge in [-0.05, 0) is 31.0 Å². The van der Waals surface area contributed by atoms with Crippen LogP contribution in [-0.4, -0.2) is 41.5 Å². The van der Waals surface area contributed by atoms with Crippen molar-refractivity contribution >= 4 is 11.4 Å². The number of pyridine rings is 1. The SMILES string of the molecule is CCc1ccc([C@@H]2CCC(=[N+]3CCN(c4ccc(F)cc4F)CC3)C2)[nH]c1=O. The van der Waals surface area contributed by atoms with Crippen LogP contribution in [0.4, 0.5) is 14.5 Å². The van der Waals surface area contributed by atoms with Crippen LogP contribution in [0.5, 0.6) is 0 Å². The van der Waals surface area contributed by atoms with Crippen molar-refractivity contribution in [2.45, 2.75) is 38.5 Å². The molecule has 1 aliphatic heterocycles. The second-order valence-electron chi connectivity index (χ2n) is 7.70. The minimum Gasteiger partial charge on any atom is -0.356 e. The Labute approximate surface area is 163 Å². The second kappa shape index (κ2) is 7.86. The predicted molar refractivity (Wildman–Crippen MR) is 107 cm³/mol. The molecule has 0 bridgehead atoms. The summed E-state index contributed by atoms with van der Waals surface area (Å²) in [5.74, 6) is -0.680. The molecule has 0 amide bonds. The molecule has 4 nitrogen and oxygen atoms in total. The average Bonchev–Trinajstić information content (AvgIpc) is 3.18. The van der Waals surface area contributed by atoms with Gasteiger partial charge >= 0.3 is 0 Å². The van der Waals surface area contributed by atoms with Crippen LogP contribution in [0, 0.1) is 11.6 Å². The molecule has 0 spiro atoms. The molecule has 1 N–H and O–H groups in total. The quantitative estimate of drug-likeness (QED) is 0.821. The van der Waals surface area contributed by atoms with Crippen molar-refractivity contribution in [2.24, 2.45) is 0 Å². The largest absolute Gasteiger partial charge is 0.356 e. The summed E-state index contributed by atoms with van der Waals surface area (Å²) < 4.78 is 29.6. The smallest absolute Gasteiger partial charge is 0.251 e. The zero-order valence-corrected chi connectivity index (χ0v) is 16.2. The number of rotatable bonds is 3. The molecule has 1 aromatic carbocycles. The third-order valence-corrected chi connectivity index (χ3v) is 6.08. The zero-order chi connectivity index (χ0) is 19.7. The maximum absolute atomic E-state index is 14.0. The van der Waals surface area contributed by atoms with E-state index < -0.39 is 11.6 Å². The van der Waals surface area contributed by atoms with E-state index in [1.54, 1.807) is 0 Å². The Hall–Kier alpha value is -2.50. The first kappa shape index (κ1) is 18.8. The Kier molecular flexibility index (Phi) is 5.29. The van der Waals surface area contributed by atoms with Gasteiger partial charge in [-0.2, -0.15) is 0 Å². The first-order valence-corrected chi connectivity index (χ1v) is 10.1. The number of aryl methyl sites for hydroxylation is 1. The van der Waals surface area contributed by atoms with Crippen LogP contribution in [0.1, 0.15) is 43.4 Å². The van der Waals surface area contributed by atoms with E-state index in [2.05, 4.69) is 15.6 Å². The van der Waals surface area contributed by atoms with Crippen molar-refractivity contribution in [3.63, 3.8) is 0 Å². The van der Waals surface area contributed by atoms with Crippen molar-refractivity contribution in [1.82, 2.24) is 4.98 Å². The van der Waals surface area contributed by atoms with E-state index in [4.69, 9.17) is 0 Å². The topological polar surface area (TPSA) is 39.1 Å². The number of hydrogen-bond donors (Lipinski definition) is 1. The number of anilines is 1. The van der Waals surface area contributed by atoms with E-state index in [9.17, 15) is 13.6 Å². The van der Waals surface area contributed by atoms with E-state index >= 15 is 0 Å². The fraction of sp³-hybridized carbons (Fsp3) is 0.455. The number of aromatic nitrogens is 1. The number of piperazine rings is 1. The molecule has 2 fully saturated rings. The Morgan fingerprint density at radius 3 is 2.64 bits per heavy atom. The summed E-state index contributed by atoms with van der Waals surface area (Å²) in [4.78, 5) is 17.1. The fourth-order valence-corrected chi connectivity index (χ4v) is 4.42. The van der Waals surface area contributed by atoms with E-state index in [1.807, 2.05) is 17.9 Å². The van der Waals surface area contributed by atoms with E-state index in [1.165, 1.54) is 17.8 Å². The molecule has 0 radical (unpaired) electrons. The Morgan fingerprint density at radius 2 is 1.96 bits per heavy atom. The highest BCUT2D eigenvalue weighted by Gasteiger charge is 2.31. The molecule has 28 heavy (non-hydrogen) atoms. The molecule has 1 atom stereocenters. The maximum Gasteiger partial charge on any atom is 0.251 e. The van der Waals surface area contributed by atoms with Crippen LogP contribution in [0.2, 0.25) is 0 Å². The van der Waals surface area contributed by atoms with Crippen LogP contribution < -0.4 is 10.5 Å². The fourth-order valence-electron chi connectivity index (χ4n) is 4.42. The lowest BCUT2D eigenvalue weighted by Gasteiger charge is -2.28. The minimum atomic E-state index is -0.544. The summed E-state index contributed by atoms with van der Waals surface area (Å²) >= 11 is 0. The van der Waals surface area contributed by atoms with Crippen LogP contribution in [-0.2, 0) is 6.42 Å². The van der Waals surface area contributed by atoms with Crippen LogP contribution in [0.15, 0.2) is 35.1 Å². The molecule has 0 unspecified atom stereocenters. The molecular weight excluding hydrogens is 360 g/mol. The van der Waals surface area contributed by atoms with Gasteiger partial charge in [-0.1, -0.05) is 13.0 Å². The molecule has 4 rings (SSSR count). The number of benzene rings is 1. The number of nitrogens with one attached hydrogen (secondary N) is 1. The molecule has 1 aliphatic carbocycles. The van der Waals surface area contributed by atoms with Crippen molar-refractivity contribution in [3.05, 3.63) is 63.6 Å². The molecule has 1 aromatic heterocycles. The van der Waals surface area contributed by atoms with Gasteiger partial charge in [0.15, 0.2) is 18.8 Å². The number of H-pyrrole nitrogens is 1. The summed E-state index contributed by atoms with van der Waals surface area (Å²) in [7, 11) is 0. The summed E-state index contributed by atoms with van der Waals surface area (Å²) in [6, 6.07) is 7.79. The first-order valence-electron chi connectivity index (χ1n) is 10.1. The van der Waals surface area contributed by atoms with Crippen LogP contribution >= 0.6 is 0 Å². The lowest BCUT2D eigenvalue weighted by Crippen LogP contribution is -2.44. The molecule has 1 saturated heterocycles. The van der Waals surface area contributed by atoms with E-state index in [0.717, 1.165) is 69.2 Å². The van der Waals surface area contributed by atoms with Gasteiger partial charge in [-0.15, -0.1) is 0 Å². The van der Waals surface area contributed by atoms with Gasteiger partial charge in [-0.3, -0.25) is 4.79 Å². The van der Waals surface area contributed by atoms with Gasteiger partial charge < -0.3 is 9.88 Å². The molecule has 148 valence electrons. The predicted octanol–water partition coefficient (Wildman–Crippen LogP) is 3.46. The molecule has 1 saturated carbocycles. The van der Waals surface area contributed by atoms with Gasteiger partial charge in [-0.25, -0.2) is 13.4 Å². The number of hydrogen-bond acceptors (Lipinski definition) is 2. The number of halogens is 2. The number of aromatic amines is 1. The Bertz CT molecular complexity index is 956. The standard InChI is InChI=1S/C22H25F2N3O/c1-2-15-4-7-20(25-22(15)28)16-3-6-18(13-16)26-9-11-27(12-10-26)21-8-5-17(23)14-19(21)24/h4-5,7-8,14,16H,2-3,6,9-13H2,1H3/p+1/t16-/m1/s1. The molecule has 2 aliphatic rings. The molecule has 6 heteroatoms.